The van der Waals surface area contributed by atoms with Crippen molar-refractivity contribution in [3.63, 3.8) is 0 Å². The monoisotopic (exact) mass is 770 g/mol. The van der Waals surface area contributed by atoms with Crippen LogP contribution in [0.15, 0.2) is 122 Å². The minimum atomic E-state index is -1.16. The van der Waals surface area contributed by atoms with E-state index in [1.165, 1.54) is 48.2 Å². The molecular weight excluding hydrogens is 727 g/mol. The molecule has 57 heavy (non-hydrogen) atoms. The standard InChI is InChI=1S/C23H21FN2O2.C16H17NO.C7H6FNO2/c1-15-20(13-25-14-21(15)24)22(27)26-18-7-3-16(4-8-18)23(11-12-23)17-5-9-19(28-2)10-6-17;1-18-15-8-4-13(5-9-15)16(10-11-16)12-2-6-14(17)7-3-12;1-4-5(7(10)11)2-9-3-6(4)8/h3-10,13-14H,11-12H2,1-2H3,(H,26,27);2-9H,10-11,17H2,1H3;2-3H,1H3,(H,10,11). The highest BCUT2D eigenvalue weighted by Gasteiger charge is 2.46. The molecule has 2 aliphatic rings. The molecule has 11 heteroatoms. The second-order valence-corrected chi connectivity index (χ2v) is 14.2. The molecule has 0 bridgehead atoms. The maximum atomic E-state index is 13.6. The number of carboxylic acid groups (broad SMARTS) is 1. The lowest BCUT2D eigenvalue weighted by atomic mass is 9.88. The zero-order valence-electron chi connectivity index (χ0n) is 32.2. The lowest BCUT2D eigenvalue weighted by Gasteiger charge is -2.17. The number of nitrogen functional groups attached to an aromatic ring is 1. The smallest absolute Gasteiger partial charge is 0.337 e. The first-order chi connectivity index (χ1) is 27.4. The number of carboxylic acids is 1. The van der Waals surface area contributed by atoms with Crippen molar-refractivity contribution in [1.82, 2.24) is 9.97 Å². The number of benzene rings is 4. The Morgan fingerprint density at radius 3 is 1.35 bits per heavy atom. The molecule has 4 aromatic carbocycles. The first-order valence-electron chi connectivity index (χ1n) is 18.4. The van der Waals surface area contributed by atoms with Crippen LogP contribution >= 0.6 is 0 Å². The van der Waals surface area contributed by atoms with Crippen molar-refractivity contribution >= 4 is 23.3 Å². The molecular formula is C46H44F2N4O5. The number of methoxy groups -OCH3 is 2. The van der Waals surface area contributed by atoms with Gasteiger partial charge in [0.25, 0.3) is 5.91 Å². The number of nitrogens with zero attached hydrogens (tertiary/aromatic N) is 2. The number of nitrogens with two attached hydrogens (primary N) is 1. The van der Waals surface area contributed by atoms with Gasteiger partial charge < -0.3 is 25.6 Å². The zero-order valence-corrected chi connectivity index (χ0v) is 32.2. The maximum absolute atomic E-state index is 13.6. The van der Waals surface area contributed by atoms with Crippen molar-refractivity contribution in [3.05, 3.63) is 178 Å². The van der Waals surface area contributed by atoms with E-state index in [9.17, 15) is 18.4 Å². The van der Waals surface area contributed by atoms with Crippen LogP contribution in [0.3, 0.4) is 0 Å². The minimum absolute atomic E-state index is 0.0396. The van der Waals surface area contributed by atoms with Crippen molar-refractivity contribution in [2.75, 3.05) is 25.3 Å². The van der Waals surface area contributed by atoms with Gasteiger partial charge in [-0.15, -0.1) is 0 Å². The summed E-state index contributed by atoms with van der Waals surface area (Å²) in [4.78, 5) is 30.0. The Balaban J connectivity index is 0.000000161. The summed E-state index contributed by atoms with van der Waals surface area (Å²) in [7, 11) is 3.36. The van der Waals surface area contributed by atoms with Gasteiger partial charge in [-0.3, -0.25) is 14.8 Å². The number of amides is 1. The van der Waals surface area contributed by atoms with Gasteiger partial charge in [0.1, 0.15) is 23.1 Å². The minimum Gasteiger partial charge on any atom is -0.497 e. The summed E-state index contributed by atoms with van der Waals surface area (Å²) in [6, 6.07) is 32.7. The van der Waals surface area contributed by atoms with Gasteiger partial charge in [-0.2, -0.15) is 0 Å². The van der Waals surface area contributed by atoms with Crippen molar-refractivity contribution in [2.24, 2.45) is 0 Å². The van der Waals surface area contributed by atoms with Gasteiger partial charge in [0.2, 0.25) is 0 Å². The van der Waals surface area contributed by atoms with E-state index < -0.39 is 17.6 Å². The second-order valence-electron chi connectivity index (χ2n) is 14.2. The number of rotatable bonds is 9. The van der Waals surface area contributed by atoms with E-state index >= 15 is 0 Å². The fraction of sp³-hybridized carbons (Fsp3) is 0.217. The topological polar surface area (TPSA) is 137 Å². The number of ether oxygens (including phenoxy) is 2. The van der Waals surface area contributed by atoms with Crippen LogP contribution in [0.4, 0.5) is 20.2 Å². The van der Waals surface area contributed by atoms with Crippen molar-refractivity contribution in [1.29, 1.82) is 0 Å². The first kappa shape index (κ1) is 40.1. The Hall–Kier alpha value is -6.62. The van der Waals surface area contributed by atoms with E-state index in [0.717, 1.165) is 48.6 Å². The van der Waals surface area contributed by atoms with Gasteiger partial charge >= 0.3 is 5.97 Å². The van der Waals surface area contributed by atoms with Crippen LogP contribution in [0.25, 0.3) is 0 Å². The summed E-state index contributed by atoms with van der Waals surface area (Å²) in [5.74, 6) is -0.849. The Bertz CT molecular complexity index is 2340. The molecule has 6 aromatic rings. The fourth-order valence-electron chi connectivity index (χ4n) is 6.87. The number of aromatic carboxylic acids is 1. The van der Waals surface area contributed by atoms with Gasteiger partial charge in [0, 0.05) is 45.7 Å². The Morgan fingerprint density at radius 1 is 0.614 bits per heavy atom. The van der Waals surface area contributed by atoms with E-state index in [2.05, 4.69) is 51.7 Å². The molecule has 8 rings (SSSR count). The SMILES string of the molecule is COc1ccc(C2(c3ccc(N)cc3)CC2)cc1.COc1ccc(C2(c3ccc(NC(=O)c4cncc(F)c4C)cc3)CC2)cc1.Cc1c(F)cncc1C(=O)O. The molecule has 0 atom stereocenters. The van der Waals surface area contributed by atoms with Crippen LogP contribution in [0, 0.1) is 25.5 Å². The Labute approximate surface area is 330 Å². The van der Waals surface area contributed by atoms with Gasteiger partial charge in [0.05, 0.1) is 37.7 Å². The molecule has 2 saturated carbocycles. The molecule has 0 aliphatic heterocycles. The predicted molar refractivity (Wildman–Crippen MR) is 216 cm³/mol. The Kier molecular flexibility index (Phi) is 12.0. The van der Waals surface area contributed by atoms with Crippen LogP contribution in [0.2, 0.25) is 0 Å². The third-order valence-electron chi connectivity index (χ3n) is 10.7. The first-order valence-corrected chi connectivity index (χ1v) is 18.4. The quantitative estimate of drug-likeness (QED) is 0.124. The third kappa shape index (κ3) is 8.94. The van der Waals surface area contributed by atoms with Crippen LogP contribution in [0.5, 0.6) is 11.5 Å². The molecule has 4 N–H and O–H groups in total. The molecule has 2 aromatic heterocycles. The summed E-state index contributed by atoms with van der Waals surface area (Å²) < 4.78 is 36.7. The van der Waals surface area contributed by atoms with Gasteiger partial charge in [-0.05, 0) is 110 Å². The summed E-state index contributed by atoms with van der Waals surface area (Å²) in [5.41, 5.74) is 13.3. The van der Waals surface area contributed by atoms with Crippen LogP contribution in [0.1, 0.15) is 79.8 Å². The van der Waals surface area contributed by atoms with Gasteiger partial charge in [-0.1, -0.05) is 48.5 Å². The number of nitrogens with one attached hydrogen (secondary N) is 1. The molecule has 292 valence electrons. The molecule has 9 nitrogen and oxygen atoms in total. The highest BCUT2D eigenvalue weighted by molar-refractivity contribution is 6.05. The molecule has 0 saturated heterocycles. The lowest BCUT2D eigenvalue weighted by molar-refractivity contribution is 0.0694. The van der Waals surface area contributed by atoms with Crippen LogP contribution < -0.4 is 20.5 Å². The normalized spacial score (nSPS) is 14.1. The van der Waals surface area contributed by atoms with E-state index in [1.54, 1.807) is 21.1 Å². The number of hydrogen-bond donors (Lipinski definition) is 3. The van der Waals surface area contributed by atoms with Gasteiger partial charge in [-0.25, -0.2) is 13.6 Å². The zero-order chi connectivity index (χ0) is 40.7. The number of halogens is 2. The van der Waals surface area contributed by atoms with E-state index in [0.29, 0.717) is 11.3 Å². The summed E-state index contributed by atoms with van der Waals surface area (Å²) in [5, 5.41) is 11.3. The number of carbonyl (C=O) groups excluding carboxylic acids is 1. The summed E-state index contributed by atoms with van der Waals surface area (Å²) >= 11 is 0. The largest absolute Gasteiger partial charge is 0.497 e. The number of hydrogen-bond acceptors (Lipinski definition) is 7. The Morgan fingerprint density at radius 2 is 0.982 bits per heavy atom. The predicted octanol–water partition coefficient (Wildman–Crippen LogP) is 9.45. The summed E-state index contributed by atoms with van der Waals surface area (Å²) in [6.45, 7) is 2.97. The second kappa shape index (κ2) is 17.0. The van der Waals surface area contributed by atoms with Crippen molar-refractivity contribution in [3.8, 4) is 11.5 Å². The molecule has 2 fully saturated rings. The van der Waals surface area contributed by atoms with Crippen LogP contribution in [-0.4, -0.2) is 41.2 Å². The third-order valence-corrected chi connectivity index (χ3v) is 10.7. The number of carbonyl (C=O) groups is 2. The van der Waals surface area contributed by atoms with Crippen molar-refractivity contribution in [2.45, 2.75) is 50.4 Å². The average Bonchev–Trinajstić information content (AvgIpc) is 4.17. The molecule has 0 spiro atoms. The number of pyridine rings is 2. The maximum Gasteiger partial charge on any atom is 0.337 e. The lowest BCUT2D eigenvalue weighted by Crippen LogP contribution is -2.15. The molecule has 2 heterocycles. The van der Waals surface area contributed by atoms with E-state index in [4.69, 9.17) is 20.3 Å². The molecule has 1 amide bonds. The fourth-order valence-corrected chi connectivity index (χ4v) is 6.87. The summed E-state index contributed by atoms with van der Waals surface area (Å²) in [6.07, 6.45) is 9.22. The molecule has 0 radical (unpaired) electrons. The van der Waals surface area contributed by atoms with Crippen LogP contribution in [-0.2, 0) is 10.8 Å². The highest BCUT2D eigenvalue weighted by Crippen LogP contribution is 2.54. The van der Waals surface area contributed by atoms with Crippen molar-refractivity contribution < 1.29 is 33.0 Å². The van der Waals surface area contributed by atoms with E-state index in [1.807, 2.05) is 60.7 Å². The number of anilines is 2. The number of aromatic nitrogens is 2. The molecule has 2 aliphatic carbocycles. The highest BCUT2D eigenvalue weighted by atomic mass is 19.1. The molecule has 0 unspecified atom stereocenters. The van der Waals surface area contributed by atoms with Gasteiger partial charge in [0.15, 0.2) is 0 Å². The average molecular weight is 771 g/mol. The van der Waals surface area contributed by atoms with E-state index in [-0.39, 0.29) is 33.4 Å².